The van der Waals surface area contributed by atoms with E-state index in [0.29, 0.717) is 6.54 Å². The van der Waals surface area contributed by atoms with E-state index in [1.165, 1.54) is 0 Å². The summed E-state index contributed by atoms with van der Waals surface area (Å²) in [6.07, 6.45) is 1.63. The second-order valence-electron chi connectivity index (χ2n) is 5.03. The predicted molar refractivity (Wildman–Crippen MR) is 83.5 cm³/mol. The van der Waals surface area contributed by atoms with Crippen LogP contribution in [0.5, 0.6) is 0 Å². The molecule has 0 radical (unpaired) electrons. The fourth-order valence-electron chi connectivity index (χ4n) is 2.81. The van der Waals surface area contributed by atoms with Gasteiger partial charge in [-0.25, -0.2) is 0 Å². The molecule has 0 saturated carbocycles. The van der Waals surface area contributed by atoms with Gasteiger partial charge < -0.3 is 8.98 Å². The van der Waals surface area contributed by atoms with Gasteiger partial charge >= 0.3 is 0 Å². The van der Waals surface area contributed by atoms with Crippen LogP contribution < -0.4 is 5.56 Å². The number of hydrogen-bond acceptors (Lipinski definition) is 2. The van der Waals surface area contributed by atoms with Gasteiger partial charge in [-0.3, -0.25) is 4.79 Å². The van der Waals surface area contributed by atoms with Crippen LogP contribution in [0.15, 0.2) is 76.1 Å². The van der Waals surface area contributed by atoms with E-state index < -0.39 is 0 Å². The van der Waals surface area contributed by atoms with Gasteiger partial charge in [0.1, 0.15) is 5.76 Å². The molecule has 3 heteroatoms. The highest BCUT2D eigenvalue weighted by molar-refractivity contribution is 6.05. The minimum absolute atomic E-state index is 0.0145. The first kappa shape index (κ1) is 12.0. The Bertz CT molecular complexity index is 981. The van der Waals surface area contributed by atoms with Gasteiger partial charge in [0.2, 0.25) is 0 Å². The van der Waals surface area contributed by atoms with E-state index in [0.717, 1.165) is 27.4 Å². The van der Waals surface area contributed by atoms with Crippen molar-refractivity contribution in [3.63, 3.8) is 0 Å². The summed E-state index contributed by atoms with van der Waals surface area (Å²) in [5.41, 5.74) is 0.943. The third kappa shape index (κ3) is 1.86. The first-order valence-corrected chi connectivity index (χ1v) is 6.87. The van der Waals surface area contributed by atoms with Crippen LogP contribution in [0.1, 0.15) is 5.76 Å². The Morgan fingerprint density at radius 1 is 0.810 bits per heavy atom. The zero-order chi connectivity index (χ0) is 14.2. The molecular weight excluding hydrogens is 262 g/mol. The molecule has 0 N–H and O–H groups in total. The van der Waals surface area contributed by atoms with Gasteiger partial charge in [-0.05, 0) is 29.7 Å². The first-order valence-electron chi connectivity index (χ1n) is 6.87. The highest BCUT2D eigenvalue weighted by Gasteiger charge is 2.11. The molecule has 2 aromatic heterocycles. The lowest BCUT2D eigenvalue weighted by Gasteiger charge is -2.11. The Hall–Kier alpha value is -2.81. The molecule has 102 valence electrons. The van der Waals surface area contributed by atoms with Crippen molar-refractivity contribution in [3.05, 3.63) is 83.0 Å². The van der Waals surface area contributed by atoms with Gasteiger partial charge in [0.05, 0.1) is 18.3 Å². The minimum Gasteiger partial charge on any atom is -0.467 e. The van der Waals surface area contributed by atoms with Gasteiger partial charge in [0, 0.05) is 10.8 Å². The largest absolute Gasteiger partial charge is 0.467 e. The lowest BCUT2D eigenvalue weighted by molar-refractivity contribution is 0.494. The standard InChI is InChI=1S/C18H13NO2/c20-18-16-9-2-1-7-14(16)15-8-3-4-10-17(15)19(18)12-13-6-5-11-21-13/h1-11H,12H2. The first-order chi connectivity index (χ1) is 10.3. The molecule has 0 amide bonds. The molecule has 2 heterocycles. The van der Waals surface area contributed by atoms with Crippen molar-refractivity contribution in [2.24, 2.45) is 0 Å². The number of para-hydroxylation sites is 1. The molecule has 2 aromatic carbocycles. The van der Waals surface area contributed by atoms with E-state index in [1.54, 1.807) is 10.8 Å². The molecule has 0 fully saturated rings. The van der Waals surface area contributed by atoms with Crippen molar-refractivity contribution in [2.75, 3.05) is 0 Å². The second-order valence-corrected chi connectivity index (χ2v) is 5.03. The zero-order valence-corrected chi connectivity index (χ0v) is 11.3. The number of benzene rings is 2. The van der Waals surface area contributed by atoms with Crippen molar-refractivity contribution in [1.82, 2.24) is 4.57 Å². The lowest BCUT2D eigenvalue weighted by Crippen LogP contribution is -2.21. The van der Waals surface area contributed by atoms with E-state index >= 15 is 0 Å². The summed E-state index contributed by atoms with van der Waals surface area (Å²) in [4.78, 5) is 12.8. The summed E-state index contributed by atoms with van der Waals surface area (Å²) >= 11 is 0. The number of pyridine rings is 1. The Morgan fingerprint density at radius 3 is 2.29 bits per heavy atom. The summed E-state index contributed by atoms with van der Waals surface area (Å²) in [6, 6.07) is 19.4. The summed E-state index contributed by atoms with van der Waals surface area (Å²) < 4.78 is 7.17. The number of hydrogen-bond donors (Lipinski definition) is 0. The van der Waals surface area contributed by atoms with Gasteiger partial charge in [0.15, 0.2) is 0 Å². The average molecular weight is 275 g/mol. The number of fused-ring (bicyclic) bond motifs is 3. The molecule has 0 unspecified atom stereocenters. The molecule has 3 nitrogen and oxygen atoms in total. The molecule has 0 aliphatic heterocycles. The van der Waals surface area contributed by atoms with Crippen LogP contribution in [0.25, 0.3) is 21.7 Å². The Kier molecular flexibility index (Phi) is 2.64. The summed E-state index contributed by atoms with van der Waals surface area (Å²) in [6.45, 7) is 0.442. The smallest absolute Gasteiger partial charge is 0.259 e. The number of nitrogens with zero attached hydrogens (tertiary/aromatic N) is 1. The highest BCUT2D eigenvalue weighted by Crippen LogP contribution is 2.23. The fourth-order valence-corrected chi connectivity index (χ4v) is 2.81. The van der Waals surface area contributed by atoms with Crippen molar-refractivity contribution < 1.29 is 4.42 Å². The average Bonchev–Trinajstić information content (AvgIpc) is 3.04. The summed E-state index contributed by atoms with van der Waals surface area (Å²) in [5.74, 6) is 0.775. The fraction of sp³-hybridized carbons (Fsp3) is 0.0556. The Morgan fingerprint density at radius 2 is 1.52 bits per heavy atom. The van der Waals surface area contributed by atoms with Gasteiger partial charge in [-0.1, -0.05) is 36.4 Å². The summed E-state index contributed by atoms with van der Waals surface area (Å²) in [7, 11) is 0. The maximum Gasteiger partial charge on any atom is 0.259 e. The van der Waals surface area contributed by atoms with Crippen LogP contribution in [0, 0.1) is 0 Å². The molecule has 4 rings (SSSR count). The Labute approximate surface area is 121 Å². The number of furan rings is 1. The third-order valence-corrected chi connectivity index (χ3v) is 3.78. The molecule has 0 saturated heterocycles. The number of aromatic nitrogens is 1. The van der Waals surface area contributed by atoms with Crippen molar-refractivity contribution in [2.45, 2.75) is 6.54 Å². The minimum atomic E-state index is 0.0145. The van der Waals surface area contributed by atoms with Crippen LogP contribution >= 0.6 is 0 Å². The van der Waals surface area contributed by atoms with E-state index in [9.17, 15) is 4.79 Å². The predicted octanol–water partition coefficient (Wildman–Crippen LogP) is 3.80. The van der Waals surface area contributed by atoms with Gasteiger partial charge in [0.25, 0.3) is 5.56 Å². The molecule has 0 atom stereocenters. The normalized spacial score (nSPS) is 11.2. The SMILES string of the molecule is O=c1c2ccccc2c2ccccc2n1Cc1ccco1. The molecular formula is C18H13NO2. The monoisotopic (exact) mass is 275 g/mol. The quantitative estimate of drug-likeness (QED) is 0.522. The highest BCUT2D eigenvalue weighted by atomic mass is 16.3. The molecule has 0 spiro atoms. The van der Waals surface area contributed by atoms with Crippen molar-refractivity contribution in [1.29, 1.82) is 0 Å². The van der Waals surface area contributed by atoms with Crippen LogP contribution in [0.3, 0.4) is 0 Å². The van der Waals surface area contributed by atoms with Gasteiger partial charge in [-0.2, -0.15) is 0 Å². The molecule has 0 bridgehead atoms. The Balaban J connectivity index is 2.12. The van der Waals surface area contributed by atoms with Crippen LogP contribution in [0.4, 0.5) is 0 Å². The summed E-state index contributed by atoms with van der Waals surface area (Å²) in [5, 5.41) is 2.82. The van der Waals surface area contributed by atoms with Crippen LogP contribution in [-0.4, -0.2) is 4.57 Å². The third-order valence-electron chi connectivity index (χ3n) is 3.78. The topological polar surface area (TPSA) is 35.1 Å². The molecule has 21 heavy (non-hydrogen) atoms. The van der Waals surface area contributed by atoms with Crippen LogP contribution in [0.2, 0.25) is 0 Å². The van der Waals surface area contributed by atoms with Crippen molar-refractivity contribution in [3.8, 4) is 0 Å². The molecule has 4 aromatic rings. The molecule has 0 aliphatic carbocycles. The van der Waals surface area contributed by atoms with E-state index in [4.69, 9.17) is 4.42 Å². The second kappa shape index (κ2) is 4.63. The van der Waals surface area contributed by atoms with Crippen LogP contribution in [-0.2, 0) is 6.54 Å². The zero-order valence-electron chi connectivity index (χ0n) is 11.3. The molecule has 0 aliphatic rings. The van der Waals surface area contributed by atoms with E-state index in [2.05, 4.69) is 6.07 Å². The maximum absolute atomic E-state index is 12.8. The lowest BCUT2D eigenvalue weighted by atomic mass is 10.1. The van der Waals surface area contributed by atoms with Gasteiger partial charge in [-0.15, -0.1) is 0 Å². The van der Waals surface area contributed by atoms with E-state index in [1.807, 2.05) is 54.6 Å². The van der Waals surface area contributed by atoms with Crippen molar-refractivity contribution >= 4 is 21.7 Å². The number of rotatable bonds is 2. The maximum atomic E-state index is 12.8. The van der Waals surface area contributed by atoms with E-state index in [-0.39, 0.29) is 5.56 Å².